The van der Waals surface area contributed by atoms with Crippen LogP contribution in [0.4, 0.5) is 5.69 Å². The molecule has 8 heteroatoms. The molecule has 2 aromatic carbocycles. The number of rotatable bonds is 5. The molecule has 0 aliphatic rings. The fourth-order valence-corrected chi connectivity index (χ4v) is 3.60. The van der Waals surface area contributed by atoms with Crippen molar-refractivity contribution in [2.45, 2.75) is 39.3 Å². The minimum atomic E-state index is -0.919. The summed E-state index contributed by atoms with van der Waals surface area (Å²) in [6, 6.07) is 13.5. The third kappa shape index (κ3) is 5.23. The van der Waals surface area contributed by atoms with Crippen molar-refractivity contribution in [1.82, 2.24) is 14.9 Å². The molecule has 1 aromatic heterocycles. The summed E-state index contributed by atoms with van der Waals surface area (Å²) in [7, 11) is 0. The molecule has 3 rings (SSSR count). The van der Waals surface area contributed by atoms with Gasteiger partial charge in [0.05, 0.1) is 0 Å². The Morgan fingerprint density at radius 1 is 1.13 bits per heavy atom. The molecule has 2 amide bonds. The van der Waals surface area contributed by atoms with Crippen LogP contribution in [0.5, 0.6) is 0 Å². The Morgan fingerprint density at radius 2 is 1.83 bits per heavy atom. The van der Waals surface area contributed by atoms with Gasteiger partial charge >= 0.3 is 0 Å². The molecule has 0 fully saturated rings. The van der Waals surface area contributed by atoms with Crippen LogP contribution in [0.1, 0.15) is 48.4 Å². The quantitative estimate of drug-likeness (QED) is 0.615. The predicted octanol–water partition coefficient (Wildman–Crippen LogP) is 4.80. The summed E-state index contributed by atoms with van der Waals surface area (Å²) in [6.45, 7) is 7.62. The van der Waals surface area contributed by atoms with Crippen LogP contribution < -0.4 is 10.2 Å². The van der Waals surface area contributed by atoms with Crippen molar-refractivity contribution in [2.24, 2.45) is 0 Å². The van der Waals surface area contributed by atoms with Gasteiger partial charge in [-0.2, -0.15) is 0 Å². The van der Waals surface area contributed by atoms with Crippen molar-refractivity contribution in [1.29, 1.82) is 0 Å². The van der Waals surface area contributed by atoms with Crippen molar-refractivity contribution in [3.63, 3.8) is 0 Å². The van der Waals surface area contributed by atoms with Crippen molar-refractivity contribution >= 4 is 40.6 Å². The Morgan fingerprint density at radius 3 is 2.40 bits per heavy atom. The van der Waals surface area contributed by atoms with E-state index in [2.05, 4.69) is 14.9 Å². The fourth-order valence-electron chi connectivity index (χ4n) is 3.04. The van der Waals surface area contributed by atoms with Gasteiger partial charge in [0, 0.05) is 21.6 Å². The highest BCUT2D eigenvalue weighted by molar-refractivity contribution is 7.03. The van der Waals surface area contributed by atoms with Gasteiger partial charge in [-0.3, -0.25) is 14.5 Å². The van der Waals surface area contributed by atoms with Gasteiger partial charge in [-0.25, -0.2) is 0 Å². The van der Waals surface area contributed by atoms with Crippen LogP contribution >= 0.6 is 23.1 Å². The lowest BCUT2D eigenvalue weighted by molar-refractivity contribution is -0.123. The van der Waals surface area contributed by atoms with Gasteiger partial charge in [0.25, 0.3) is 5.91 Å². The highest BCUT2D eigenvalue weighted by Crippen LogP contribution is 2.31. The van der Waals surface area contributed by atoms with Gasteiger partial charge in [-0.15, -0.1) is 5.10 Å². The first kappa shape index (κ1) is 21.9. The van der Waals surface area contributed by atoms with E-state index in [1.54, 1.807) is 35.7 Å². The first-order valence-corrected chi connectivity index (χ1v) is 10.6. The van der Waals surface area contributed by atoms with Crippen LogP contribution in [0.15, 0.2) is 53.9 Å². The number of nitrogens with zero attached hydrogens (tertiary/aromatic N) is 3. The average Bonchev–Trinajstić information content (AvgIpc) is 3.20. The number of hydrogen-bond donors (Lipinski definition) is 1. The van der Waals surface area contributed by atoms with Gasteiger partial charge in [-0.05, 0) is 74.6 Å². The minimum absolute atomic E-state index is 0.184. The van der Waals surface area contributed by atoms with E-state index in [1.807, 2.05) is 45.9 Å². The van der Waals surface area contributed by atoms with Gasteiger partial charge in [0.2, 0.25) is 5.91 Å². The largest absolute Gasteiger partial charge is 0.349 e. The molecule has 6 nitrogen and oxygen atoms in total. The molecule has 0 bridgehead atoms. The summed E-state index contributed by atoms with van der Waals surface area (Å²) < 4.78 is 3.81. The van der Waals surface area contributed by atoms with E-state index < -0.39 is 17.5 Å². The average molecular weight is 443 g/mol. The summed E-state index contributed by atoms with van der Waals surface area (Å²) in [4.78, 5) is 28.4. The van der Waals surface area contributed by atoms with Crippen molar-refractivity contribution in [3.05, 3.63) is 75.8 Å². The van der Waals surface area contributed by atoms with E-state index in [0.717, 1.165) is 17.1 Å². The summed E-state index contributed by atoms with van der Waals surface area (Å²) in [5.41, 5.74) is 1.90. The summed E-state index contributed by atoms with van der Waals surface area (Å²) in [6.07, 6.45) is 0. The van der Waals surface area contributed by atoms with Crippen molar-refractivity contribution in [2.75, 3.05) is 4.90 Å². The minimum Gasteiger partial charge on any atom is -0.349 e. The maximum Gasteiger partial charge on any atom is 0.280 e. The van der Waals surface area contributed by atoms with Gasteiger partial charge in [0.1, 0.15) is 6.04 Å². The molecule has 1 N–H and O–H groups in total. The maximum absolute atomic E-state index is 13.5. The summed E-state index contributed by atoms with van der Waals surface area (Å²) in [5.74, 6) is -0.707. The molecule has 0 unspecified atom stereocenters. The van der Waals surface area contributed by atoms with E-state index in [0.29, 0.717) is 16.3 Å². The number of aryl methyl sites for hydroxylation is 1. The zero-order valence-electron chi connectivity index (χ0n) is 17.2. The Kier molecular flexibility index (Phi) is 6.53. The van der Waals surface area contributed by atoms with E-state index >= 15 is 0 Å². The lowest BCUT2D eigenvalue weighted by Gasteiger charge is -2.33. The normalized spacial score (nSPS) is 12.3. The first-order chi connectivity index (χ1) is 14.2. The highest BCUT2D eigenvalue weighted by Gasteiger charge is 2.35. The van der Waals surface area contributed by atoms with Crippen LogP contribution in [0.2, 0.25) is 5.02 Å². The van der Waals surface area contributed by atoms with Crippen molar-refractivity contribution in [3.8, 4) is 0 Å². The monoisotopic (exact) mass is 442 g/mol. The van der Waals surface area contributed by atoms with Gasteiger partial charge in [0.15, 0.2) is 5.69 Å². The number of benzene rings is 2. The second-order valence-electron chi connectivity index (χ2n) is 8.00. The molecular weight excluding hydrogens is 420 g/mol. The third-order valence-electron chi connectivity index (χ3n) is 4.27. The molecule has 156 valence electrons. The molecule has 0 aliphatic heterocycles. The predicted molar refractivity (Wildman–Crippen MR) is 120 cm³/mol. The second-order valence-corrected chi connectivity index (χ2v) is 9.04. The fraction of sp³-hybridized carbons (Fsp3) is 0.273. The number of anilines is 1. The van der Waals surface area contributed by atoms with Crippen LogP contribution in [0, 0.1) is 6.92 Å². The number of carbonyl (C=O) groups excluding carboxylic acids is 2. The van der Waals surface area contributed by atoms with Crippen LogP contribution in [0.3, 0.4) is 0 Å². The Hall–Kier alpha value is -2.77. The number of aromatic nitrogens is 2. The lowest BCUT2D eigenvalue weighted by atomic mass is 10.00. The van der Waals surface area contributed by atoms with Crippen LogP contribution in [-0.4, -0.2) is 26.9 Å². The molecule has 0 aliphatic carbocycles. The van der Waals surface area contributed by atoms with Gasteiger partial charge < -0.3 is 5.32 Å². The number of hydrogen-bond acceptors (Lipinski definition) is 5. The van der Waals surface area contributed by atoms with E-state index in [1.165, 1.54) is 4.90 Å². The molecule has 0 saturated carbocycles. The van der Waals surface area contributed by atoms with Crippen LogP contribution in [0.25, 0.3) is 0 Å². The molecule has 0 saturated heterocycles. The Balaban J connectivity index is 2.18. The zero-order valence-corrected chi connectivity index (χ0v) is 18.8. The molecule has 30 heavy (non-hydrogen) atoms. The van der Waals surface area contributed by atoms with E-state index in [4.69, 9.17) is 11.6 Å². The Bertz CT molecular complexity index is 1030. The van der Waals surface area contributed by atoms with Crippen LogP contribution in [-0.2, 0) is 4.79 Å². The number of carbonyl (C=O) groups is 2. The van der Waals surface area contributed by atoms with Crippen molar-refractivity contribution < 1.29 is 9.59 Å². The summed E-state index contributed by atoms with van der Waals surface area (Å²) >= 11 is 7.15. The smallest absolute Gasteiger partial charge is 0.280 e. The third-order valence-corrected chi connectivity index (χ3v) is 5.02. The molecule has 0 radical (unpaired) electrons. The zero-order chi connectivity index (χ0) is 21.9. The Labute approximate surface area is 185 Å². The van der Waals surface area contributed by atoms with E-state index in [9.17, 15) is 9.59 Å². The number of halogens is 1. The van der Waals surface area contributed by atoms with E-state index in [-0.39, 0.29) is 11.6 Å². The summed E-state index contributed by atoms with van der Waals surface area (Å²) in [5, 5.41) is 9.05. The lowest BCUT2D eigenvalue weighted by Crippen LogP contribution is -2.49. The maximum atomic E-state index is 13.5. The first-order valence-electron chi connectivity index (χ1n) is 9.40. The number of amides is 2. The second kappa shape index (κ2) is 8.93. The standard InChI is InChI=1S/C22H23ClN4O2S/c1-14-6-5-7-17(12-14)27(21(29)18-13-30-26-25-18)19(20(28)24-22(2,3)4)15-8-10-16(23)11-9-15/h5-13,19H,1-4H3,(H,24,28)/t19-/m0/s1. The molecule has 1 heterocycles. The molecule has 0 spiro atoms. The highest BCUT2D eigenvalue weighted by atomic mass is 35.5. The SMILES string of the molecule is Cc1cccc(N(C(=O)c2csnn2)[C@H](C(=O)NC(C)(C)C)c2ccc(Cl)cc2)c1. The molecule has 3 aromatic rings. The number of nitrogens with one attached hydrogen (secondary N) is 1. The molecular formula is C22H23ClN4O2S. The van der Waals surface area contributed by atoms with Gasteiger partial charge in [-0.1, -0.05) is 40.4 Å². The topological polar surface area (TPSA) is 75.2 Å². The molecule has 1 atom stereocenters.